The van der Waals surface area contributed by atoms with Crippen molar-refractivity contribution in [1.82, 2.24) is 10.3 Å². The van der Waals surface area contributed by atoms with E-state index < -0.39 is 0 Å². The van der Waals surface area contributed by atoms with E-state index in [1.165, 1.54) is 48.2 Å². The van der Waals surface area contributed by atoms with Gasteiger partial charge in [0.05, 0.1) is 5.69 Å². The van der Waals surface area contributed by atoms with E-state index in [-0.39, 0.29) is 0 Å². The monoisotopic (exact) mass is 310 g/mol. The lowest BCUT2D eigenvalue weighted by atomic mass is 9.80. The summed E-state index contributed by atoms with van der Waals surface area (Å²) in [6.07, 6.45) is 9.33. The fraction of sp³-hybridized carbons (Fsp3) is 0.526. The molecule has 114 valence electrons. The molecule has 2 nitrogen and oxygen atoms in total. The van der Waals surface area contributed by atoms with E-state index in [4.69, 9.17) is 0 Å². The van der Waals surface area contributed by atoms with Crippen molar-refractivity contribution in [1.29, 1.82) is 0 Å². The Morgan fingerprint density at radius 1 is 1.14 bits per heavy atom. The minimum absolute atomic E-state index is 0.460. The van der Waals surface area contributed by atoms with Crippen molar-refractivity contribution < 1.29 is 0 Å². The highest BCUT2D eigenvalue weighted by molar-refractivity contribution is 7.13. The Morgan fingerprint density at radius 2 is 2.00 bits per heavy atom. The highest BCUT2D eigenvalue weighted by atomic mass is 32.1. The van der Waals surface area contributed by atoms with Crippen molar-refractivity contribution in [2.75, 3.05) is 0 Å². The standard InChI is InChI=1S/C19H22N2S/c1-2-18(22-5-1)15-3-4-17(20-11-15)12-21-19-9-13-6-14(10-19)8-16(19)7-13/h1-5,11,13-14,16,21H,6-10,12H2. The van der Waals surface area contributed by atoms with Crippen molar-refractivity contribution in [3.05, 3.63) is 41.5 Å². The van der Waals surface area contributed by atoms with Gasteiger partial charge in [-0.25, -0.2) is 0 Å². The van der Waals surface area contributed by atoms with Crippen LogP contribution in [0.25, 0.3) is 10.4 Å². The van der Waals surface area contributed by atoms with Gasteiger partial charge in [0.25, 0.3) is 0 Å². The maximum Gasteiger partial charge on any atom is 0.0542 e. The first-order chi connectivity index (χ1) is 10.8. The summed E-state index contributed by atoms with van der Waals surface area (Å²) in [6, 6.07) is 8.66. The Hall–Kier alpha value is -1.19. The van der Waals surface area contributed by atoms with Crippen molar-refractivity contribution >= 4 is 11.3 Å². The number of pyridine rings is 1. The average molecular weight is 310 g/mol. The number of thiophene rings is 1. The molecule has 2 heterocycles. The zero-order valence-electron chi connectivity index (χ0n) is 12.8. The lowest BCUT2D eigenvalue weighted by molar-refractivity contribution is 0.232. The minimum Gasteiger partial charge on any atom is -0.305 e. The predicted octanol–water partition coefficient (Wildman–Crippen LogP) is 4.48. The lowest BCUT2D eigenvalue weighted by Gasteiger charge is -2.34. The third-order valence-corrected chi connectivity index (χ3v) is 7.16. The zero-order valence-corrected chi connectivity index (χ0v) is 13.6. The molecular weight excluding hydrogens is 288 g/mol. The van der Waals surface area contributed by atoms with E-state index in [1.807, 2.05) is 6.20 Å². The van der Waals surface area contributed by atoms with Gasteiger partial charge in [-0.3, -0.25) is 4.98 Å². The second kappa shape index (κ2) is 4.90. The summed E-state index contributed by atoms with van der Waals surface area (Å²) in [5.41, 5.74) is 2.88. The summed E-state index contributed by atoms with van der Waals surface area (Å²) in [5.74, 6) is 2.97. The number of hydrogen-bond acceptors (Lipinski definition) is 3. The average Bonchev–Trinajstić information content (AvgIpc) is 3.20. The molecule has 1 N–H and O–H groups in total. The van der Waals surface area contributed by atoms with Gasteiger partial charge in [-0.05, 0) is 67.4 Å². The molecule has 4 bridgehead atoms. The SMILES string of the molecule is c1csc(-c2ccc(CNC34CC5CC(CC3C5)C4)nc2)c1. The fourth-order valence-electron chi connectivity index (χ4n) is 5.47. The number of rotatable bonds is 4. The molecule has 0 aliphatic heterocycles. The van der Waals surface area contributed by atoms with Gasteiger partial charge in [-0.15, -0.1) is 11.3 Å². The first-order valence-electron chi connectivity index (χ1n) is 8.55. The van der Waals surface area contributed by atoms with E-state index in [0.717, 1.165) is 24.3 Å². The van der Waals surface area contributed by atoms with Crippen molar-refractivity contribution in [3.8, 4) is 10.4 Å². The van der Waals surface area contributed by atoms with Gasteiger partial charge in [-0.1, -0.05) is 12.1 Å². The summed E-state index contributed by atoms with van der Waals surface area (Å²) in [7, 11) is 0. The van der Waals surface area contributed by atoms with Crippen LogP contribution in [0.2, 0.25) is 0 Å². The van der Waals surface area contributed by atoms with Gasteiger partial charge < -0.3 is 5.32 Å². The molecule has 0 spiro atoms. The van der Waals surface area contributed by atoms with Crippen LogP contribution in [0.5, 0.6) is 0 Å². The molecule has 4 aliphatic carbocycles. The lowest BCUT2D eigenvalue weighted by Crippen LogP contribution is -2.45. The zero-order chi connectivity index (χ0) is 14.6. The highest BCUT2D eigenvalue weighted by Gasteiger charge is 2.57. The third kappa shape index (κ3) is 2.06. The number of hydrogen-bond donors (Lipinski definition) is 1. The van der Waals surface area contributed by atoms with E-state index in [9.17, 15) is 0 Å². The number of nitrogens with zero attached hydrogens (tertiary/aromatic N) is 1. The summed E-state index contributed by atoms with van der Waals surface area (Å²) in [6.45, 7) is 0.931. The summed E-state index contributed by atoms with van der Waals surface area (Å²) in [5, 5.41) is 6.05. The van der Waals surface area contributed by atoms with Crippen LogP contribution in [-0.4, -0.2) is 10.5 Å². The maximum atomic E-state index is 4.68. The van der Waals surface area contributed by atoms with Gasteiger partial charge >= 0.3 is 0 Å². The summed E-state index contributed by atoms with van der Waals surface area (Å²) in [4.78, 5) is 5.98. The van der Waals surface area contributed by atoms with Crippen molar-refractivity contribution in [2.24, 2.45) is 17.8 Å². The number of aromatic nitrogens is 1. The van der Waals surface area contributed by atoms with Gasteiger partial charge in [0, 0.05) is 28.7 Å². The molecule has 2 aromatic rings. The van der Waals surface area contributed by atoms with Crippen LogP contribution in [0, 0.1) is 17.8 Å². The van der Waals surface area contributed by atoms with Crippen LogP contribution >= 0.6 is 11.3 Å². The first kappa shape index (κ1) is 13.3. The molecule has 4 saturated carbocycles. The van der Waals surface area contributed by atoms with Crippen LogP contribution in [0.1, 0.15) is 37.8 Å². The second-order valence-electron chi connectivity index (χ2n) is 7.57. The molecule has 2 atom stereocenters. The Kier molecular flexibility index (Phi) is 2.96. The molecule has 0 saturated heterocycles. The normalized spacial score (nSPS) is 35.4. The van der Waals surface area contributed by atoms with Crippen LogP contribution in [0.4, 0.5) is 0 Å². The molecule has 22 heavy (non-hydrogen) atoms. The second-order valence-corrected chi connectivity index (χ2v) is 8.52. The quantitative estimate of drug-likeness (QED) is 0.900. The molecule has 2 unspecified atom stereocenters. The largest absolute Gasteiger partial charge is 0.305 e. The molecule has 4 fully saturated rings. The minimum atomic E-state index is 0.460. The topological polar surface area (TPSA) is 24.9 Å². The Bertz CT molecular complexity index is 647. The molecule has 0 aromatic carbocycles. The maximum absolute atomic E-state index is 4.68. The third-order valence-electron chi connectivity index (χ3n) is 6.24. The highest BCUT2D eigenvalue weighted by Crippen LogP contribution is 2.60. The van der Waals surface area contributed by atoms with Gasteiger partial charge in [-0.2, -0.15) is 0 Å². The molecule has 6 rings (SSSR count). The molecule has 0 amide bonds. The summed E-state index contributed by atoms with van der Waals surface area (Å²) >= 11 is 1.78. The van der Waals surface area contributed by atoms with E-state index >= 15 is 0 Å². The molecule has 3 heteroatoms. The van der Waals surface area contributed by atoms with Crippen LogP contribution in [0.3, 0.4) is 0 Å². The Labute approximate surface area is 136 Å². The predicted molar refractivity (Wildman–Crippen MR) is 90.7 cm³/mol. The van der Waals surface area contributed by atoms with E-state index in [2.05, 4.69) is 39.9 Å². The van der Waals surface area contributed by atoms with Crippen LogP contribution < -0.4 is 5.32 Å². The Morgan fingerprint density at radius 3 is 2.68 bits per heavy atom. The van der Waals surface area contributed by atoms with Gasteiger partial charge in [0.1, 0.15) is 0 Å². The molecule has 0 radical (unpaired) electrons. The summed E-state index contributed by atoms with van der Waals surface area (Å²) < 4.78 is 0. The molecular formula is C19H22N2S. The van der Waals surface area contributed by atoms with Gasteiger partial charge in [0.2, 0.25) is 0 Å². The van der Waals surface area contributed by atoms with Crippen LogP contribution in [-0.2, 0) is 6.54 Å². The first-order valence-corrected chi connectivity index (χ1v) is 9.42. The van der Waals surface area contributed by atoms with Crippen molar-refractivity contribution in [2.45, 2.75) is 44.2 Å². The molecule has 4 aliphatic rings. The number of nitrogens with one attached hydrogen (secondary N) is 1. The fourth-order valence-corrected chi connectivity index (χ4v) is 6.19. The smallest absolute Gasteiger partial charge is 0.0542 e. The van der Waals surface area contributed by atoms with Crippen molar-refractivity contribution in [3.63, 3.8) is 0 Å². The van der Waals surface area contributed by atoms with E-state index in [0.29, 0.717) is 5.54 Å². The molecule has 2 aromatic heterocycles. The van der Waals surface area contributed by atoms with Gasteiger partial charge in [0.15, 0.2) is 0 Å². The van der Waals surface area contributed by atoms with Crippen LogP contribution in [0.15, 0.2) is 35.8 Å². The Balaban J connectivity index is 1.29. The van der Waals surface area contributed by atoms with E-state index in [1.54, 1.807) is 11.3 Å².